The lowest BCUT2D eigenvalue weighted by Gasteiger charge is -2.13. The Bertz CT molecular complexity index is 427. The molecule has 1 aromatic rings. The third-order valence-electron chi connectivity index (χ3n) is 2.70. The van der Waals surface area contributed by atoms with Gasteiger partial charge in [0.25, 0.3) is 0 Å². The number of rotatable bonds is 8. The maximum absolute atomic E-state index is 9.91. The monoisotopic (exact) mass is 282 g/mol. The van der Waals surface area contributed by atoms with Gasteiger partial charge in [0, 0.05) is 19.2 Å². The van der Waals surface area contributed by atoms with Crippen LogP contribution >= 0.6 is 0 Å². The Balaban J connectivity index is 2.23. The fourth-order valence-corrected chi connectivity index (χ4v) is 1.74. The van der Waals surface area contributed by atoms with Gasteiger partial charge in [-0.3, -0.25) is 4.99 Å². The van der Waals surface area contributed by atoms with Crippen molar-refractivity contribution in [1.29, 1.82) is 0 Å². The zero-order valence-electron chi connectivity index (χ0n) is 11.3. The molecular formula is C13H22N4O3. The number of phenolic OH excluding ortho intramolecular Hbond substituents is 2. The minimum atomic E-state index is -0.786. The van der Waals surface area contributed by atoms with E-state index in [1.807, 2.05) is 0 Å². The normalized spacial score (nSPS) is 12.1. The summed E-state index contributed by atoms with van der Waals surface area (Å²) in [6.07, 6.45) is 0.952. The Morgan fingerprint density at radius 3 is 2.40 bits per heavy atom. The second kappa shape index (κ2) is 8.23. The number of nitrogens with one attached hydrogen (secondary N) is 1. The Kier molecular flexibility index (Phi) is 6.61. The second-order valence-electron chi connectivity index (χ2n) is 4.52. The molecule has 0 fully saturated rings. The zero-order valence-corrected chi connectivity index (χ0v) is 11.3. The van der Waals surface area contributed by atoms with Crippen LogP contribution in [-0.4, -0.2) is 40.9 Å². The van der Waals surface area contributed by atoms with Gasteiger partial charge in [-0.05, 0) is 37.1 Å². The Labute approximate surface area is 117 Å². The highest BCUT2D eigenvalue weighted by Gasteiger charge is 2.09. The first-order valence-corrected chi connectivity index (χ1v) is 6.46. The minimum absolute atomic E-state index is 0.0729. The lowest BCUT2D eigenvalue weighted by Crippen LogP contribution is -2.24. The predicted octanol–water partition coefficient (Wildman–Crippen LogP) is -0.226. The summed E-state index contributed by atoms with van der Waals surface area (Å²) in [4.78, 5) is 3.86. The van der Waals surface area contributed by atoms with Gasteiger partial charge in [0.1, 0.15) is 11.5 Å². The predicted molar refractivity (Wildman–Crippen MR) is 77.5 cm³/mol. The third-order valence-corrected chi connectivity index (χ3v) is 2.70. The van der Waals surface area contributed by atoms with Crippen molar-refractivity contribution in [3.8, 4) is 11.5 Å². The number of benzene rings is 1. The van der Waals surface area contributed by atoms with Crippen LogP contribution < -0.4 is 16.8 Å². The molecule has 0 radical (unpaired) electrons. The van der Waals surface area contributed by atoms with Crippen LogP contribution in [0.25, 0.3) is 0 Å². The number of aliphatic hydroxyl groups excluding tert-OH is 1. The average molecular weight is 282 g/mol. The molecule has 0 spiro atoms. The summed E-state index contributed by atoms with van der Waals surface area (Å²) >= 11 is 0. The van der Waals surface area contributed by atoms with Crippen LogP contribution in [0.2, 0.25) is 0 Å². The number of phenols is 2. The van der Waals surface area contributed by atoms with Crippen molar-refractivity contribution in [1.82, 2.24) is 5.32 Å². The van der Waals surface area contributed by atoms with E-state index in [0.717, 1.165) is 19.4 Å². The molecule has 20 heavy (non-hydrogen) atoms. The van der Waals surface area contributed by atoms with Crippen molar-refractivity contribution in [3.63, 3.8) is 0 Å². The zero-order chi connectivity index (χ0) is 15.0. The van der Waals surface area contributed by atoms with Crippen LogP contribution in [0.4, 0.5) is 0 Å². The van der Waals surface area contributed by atoms with Crippen molar-refractivity contribution < 1.29 is 15.3 Å². The maximum Gasteiger partial charge on any atom is 0.185 e. The molecule has 8 N–H and O–H groups in total. The van der Waals surface area contributed by atoms with Gasteiger partial charge in [-0.1, -0.05) is 0 Å². The van der Waals surface area contributed by atoms with Gasteiger partial charge in [0.2, 0.25) is 0 Å². The molecule has 7 heteroatoms. The van der Waals surface area contributed by atoms with E-state index in [0.29, 0.717) is 18.7 Å². The SMILES string of the molecule is NC(N)=NCCCCNCC(O)c1cc(O)cc(O)c1. The van der Waals surface area contributed by atoms with E-state index in [1.165, 1.54) is 18.2 Å². The van der Waals surface area contributed by atoms with Gasteiger partial charge in [-0.15, -0.1) is 0 Å². The third kappa shape index (κ3) is 6.26. The van der Waals surface area contributed by atoms with E-state index in [1.54, 1.807) is 0 Å². The van der Waals surface area contributed by atoms with Crippen molar-refractivity contribution >= 4 is 5.96 Å². The molecule has 1 atom stereocenters. The molecule has 0 saturated heterocycles. The molecule has 0 aromatic heterocycles. The smallest absolute Gasteiger partial charge is 0.185 e. The molecule has 0 amide bonds. The van der Waals surface area contributed by atoms with Gasteiger partial charge >= 0.3 is 0 Å². The number of aliphatic imine (C=N–C) groups is 1. The van der Waals surface area contributed by atoms with Crippen molar-refractivity contribution in [2.45, 2.75) is 18.9 Å². The molecule has 0 bridgehead atoms. The van der Waals surface area contributed by atoms with E-state index in [2.05, 4.69) is 10.3 Å². The molecule has 0 aliphatic heterocycles. The largest absolute Gasteiger partial charge is 0.508 e. The first-order valence-electron chi connectivity index (χ1n) is 6.46. The number of hydrogen-bond donors (Lipinski definition) is 6. The lowest BCUT2D eigenvalue weighted by molar-refractivity contribution is 0.174. The molecule has 1 rings (SSSR count). The van der Waals surface area contributed by atoms with Gasteiger partial charge < -0.3 is 32.1 Å². The van der Waals surface area contributed by atoms with Crippen LogP contribution in [0.15, 0.2) is 23.2 Å². The molecular weight excluding hydrogens is 260 g/mol. The van der Waals surface area contributed by atoms with Crippen LogP contribution in [0, 0.1) is 0 Å². The molecule has 1 unspecified atom stereocenters. The number of unbranched alkanes of at least 4 members (excludes halogenated alkanes) is 1. The Hall–Kier alpha value is -1.99. The molecule has 7 nitrogen and oxygen atoms in total. The molecule has 0 aliphatic carbocycles. The first-order chi connectivity index (χ1) is 9.49. The van der Waals surface area contributed by atoms with E-state index < -0.39 is 6.10 Å². The fourth-order valence-electron chi connectivity index (χ4n) is 1.74. The summed E-state index contributed by atoms with van der Waals surface area (Å²) in [6, 6.07) is 4.06. The van der Waals surface area contributed by atoms with Crippen LogP contribution in [0.5, 0.6) is 11.5 Å². The lowest BCUT2D eigenvalue weighted by atomic mass is 10.1. The Morgan fingerprint density at radius 2 is 1.80 bits per heavy atom. The number of aliphatic hydroxyl groups is 1. The topological polar surface area (TPSA) is 137 Å². The van der Waals surface area contributed by atoms with Crippen molar-refractivity contribution in [2.75, 3.05) is 19.6 Å². The second-order valence-corrected chi connectivity index (χ2v) is 4.52. The summed E-state index contributed by atoms with van der Waals surface area (Å²) in [7, 11) is 0. The quantitative estimate of drug-likeness (QED) is 0.221. The van der Waals surface area contributed by atoms with E-state index in [-0.39, 0.29) is 17.5 Å². The number of hydrogen-bond acceptors (Lipinski definition) is 5. The molecule has 112 valence electrons. The summed E-state index contributed by atoms with van der Waals surface area (Å²) in [5.74, 6) is -0.0513. The van der Waals surface area contributed by atoms with E-state index >= 15 is 0 Å². The van der Waals surface area contributed by atoms with Crippen molar-refractivity contribution in [2.24, 2.45) is 16.5 Å². The highest BCUT2D eigenvalue weighted by molar-refractivity contribution is 5.75. The summed E-state index contributed by atoms with van der Waals surface area (Å²) in [6.45, 7) is 1.65. The number of aromatic hydroxyl groups is 2. The van der Waals surface area contributed by atoms with E-state index in [9.17, 15) is 15.3 Å². The fraction of sp³-hybridized carbons (Fsp3) is 0.462. The van der Waals surface area contributed by atoms with Crippen molar-refractivity contribution in [3.05, 3.63) is 23.8 Å². The van der Waals surface area contributed by atoms with Gasteiger partial charge in [-0.25, -0.2) is 0 Å². The minimum Gasteiger partial charge on any atom is -0.508 e. The highest BCUT2D eigenvalue weighted by Crippen LogP contribution is 2.24. The first kappa shape index (κ1) is 16.1. The van der Waals surface area contributed by atoms with Crippen LogP contribution in [-0.2, 0) is 0 Å². The molecule has 0 saturated carbocycles. The summed E-state index contributed by atoms with van der Waals surface area (Å²) in [5, 5.41) is 31.7. The van der Waals surface area contributed by atoms with E-state index in [4.69, 9.17) is 11.5 Å². The number of guanidine groups is 1. The molecule has 0 heterocycles. The standard InChI is InChI=1S/C13H22N4O3/c14-13(15)17-4-2-1-3-16-8-12(20)9-5-10(18)7-11(19)6-9/h5-7,12,16,18-20H,1-4,8H2,(H4,14,15,17). The van der Waals surface area contributed by atoms with Gasteiger partial charge in [0.15, 0.2) is 5.96 Å². The maximum atomic E-state index is 9.91. The average Bonchev–Trinajstić information content (AvgIpc) is 2.35. The van der Waals surface area contributed by atoms with Crippen LogP contribution in [0.3, 0.4) is 0 Å². The Morgan fingerprint density at radius 1 is 1.15 bits per heavy atom. The highest BCUT2D eigenvalue weighted by atomic mass is 16.3. The molecule has 1 aromatic carbocycles. The summed E-state index contributed by atoms with van der Waals surface area (Å²) < 4.78 is 0. The molecule has 0 aliphatic rings. The number of nitrogens with two attached hydrogens (primary N) is 2. The van der Waals surface area contributed by atoms with Crippen LogP contribution in [0.1, 0.15) is 24.5 Å². The van der Waals surface area contributed by atoms with Gasteiger partial charge in [0.05, 0.1) is 6.10 Å². The van der Waals surface area contributed by atoms with Gasteiger partial charge in [-0.2, -0.15) is 0 Å². The number of nitrogens with zero attached hydrogens (tertiary/aromatic N) is 1. The summed E-state index contributed by atoms with van der Waals surface area (Å²) in [5.41, 5.74) is 10.9.